The Morgan fingerprint density at radius 2 is 1.65 bits per heavy atom. The Morgan fingerprint density at radius 3 is 2.29 bits per heavy atom. The minimum absolute atomic E-state index is 0.257. The zero-order chi connectivity index (χ0) is 21.2. The molecule has 1 aliphatic heterocycles. The lowest BCUT2D eigenvalue weighted by Gasteiger charge is -2.36. The Balaban J connectivity index is 1.03. The maximum Gasteiger partial charge on any atom is 0.223 e. The number of methoxy groups -OCH3 is 1. The number of fused-ring (bicyclic) bond motifs is 1. The number of hydrogen-bond acceptors (Lipinski definition) is 3. The van der Waals surface area contributed by atoms with Gasteiger partial charge >= 0.3 is 0 Å². The van der Waals surface area contributed by atoms with Crippen LogP contribution in [0.2, 0.25) is 0 Å². The van der Waals surface area contributed by atoms with Crippen LogP contribution in [0.4, 0.5) is 0 Å². The Morgan fingerprint density at radius 1 is 0.968 bits per heavy atom. The van der Waals surface area contributed by atoms with E-state index in [1.54, 1.807) is 7.11 Å². The molecule has 3 aliphatic rings. The number of hydrogen-bond donors (Lipinski definition) is 1. The van der Waals surface area contributed by atoms with E-state index in [0.29, 0.717) is 18.4 Å². The fourth-order valence-electron chi connectivity index (χ4n) is 5.99. The van der Waals surface area contributed by atoms with Gasteiger partial charge in [-0.2, -0.15) is 0 Å². The Hall–Kier alpha value is -2.33. The van der Waals surface area contributed by atoms with Crippen LogP contribution in [-0.4, -0.2) is 43.6 Å². The lowest BCUT2D eigenvalue weighted by atomic mass is 9.81. The maximum absolute atomic E-state index is 12.6. The van der Waals surface area contributed by atoms with Crippen molar-refractivity contribution in [2.45, 2.75) is 44.1 Å². The van der Waals surface area contributed by atoms with E-state index >= 15 is 0 Å². The summed E-state index contributed by atoms with van der Waals surface area (Å²) in [6.07, 6.45) is 6.08. The van der Waals surface area contributed by atoms with Crippen molar-refractivity contribution >= 4 is 5.91 Å². The average molecular weight is 419 g/mol. The van der Waals surface area contributed by atoms with Gasteiger partial charge in [-0.15, -0.1) is 0 Å². The van der Waals surface area contributed by atoms with E-state index in [-0.39, 0.29) is 11.8 Å². The van der Waals surface area contributed by atoms with Gasteiger partial charge in [0.25, 0.3) is 0 Å². The van der Waals surface area contributed by atoms with Crippen molar-refractivity contribution in [3.63, 3.8) is 0 Å². The molecule has 1 heterocycles. The molecule has 2 aromatic carbocycles. The molecule has 3 atom stereocenters. The topological polar surface area (TPSA) is 41.6 Å². The normalized spacial score (nSPS) is 29.9. The second-order valence-corrected chi connectivity index (χ2v) is 9.61. The van der Waals surface area contributed by atoms with Crippen LogP contribution in [0.3, 0.4) is 0 Å². The fraction of sp³-hybridized carbons (Fsp3) is 0.519. The highest BCUT2D eigenvalue weighted by Crippen LogP contribution is 2.53. The maximum atomic E-state index is 12.6. The number of rotatable bonds is 7. The Labute approximate surface area is 186 Å². The summed E-state index contributed by atoms with van der Waals surface area (Å²) in [4.78, 5) is 15.3. The first-order chi connectivity index (χ1) is 15.2. The van der Waals surface area contributed by atoms with Gasteiger partial charge in [0.15, 0.2) is 0 Å². The van der Waals surface area contributed by atoms with Crippen LogP contribution < -0.4 is 10.1 Å². The van der Waals surface area contributed by atoms with E-state index < -0.39 is 0 Å². The number of likely N-dealkylation sites (tertiary alicyclic amines) is 1. The third kappa shape index (κ3) is 4.50. The van der Waals surface area contributed by atoms with Crippen molar-refractivity contribution < 1.29 is 9.53 Å². The van der Waals surface area contributed by atoms with Crippen molar-refractivity contribution in [2.75, 3.05) is 26.7 Å². The quantitative estimate of drug-likeness (QED) is 0.731. The lowest BCUT2D eigenvalue weighted by molar-refractivity contribution is -0.123. The van der Waals surface area contributed by atoms with E-state index in [9.17, 15) is 4.79 Å². The van der Waals surface area contributed by atoms with Crippen molar-refractivity contribution in [1.82, 2.24) is 10.2 Å². The summed E-state index contributed by atoms with van der Waals surface area (Å²) in [5.74, 6) is 3.32. The van der Waals surface area contributed by atoms with Crippen molar-refractivity contribution in [2.24, 2.45) is 17.8 Å². The van der Waals surface area contributed by atoms with E-state index in [4.69, 9.17) is 4.74 Å². The lowest BCUT2D eigenvalue weighted by Crippen LogP contribution is -2.39. The van der Waals surface area contributed by atoms with E-state index in [1.165, 1.54) is 36.8 Å². The highest BCUT2D eigenvalue weighted by Gasteiger charge is 2.59. The first-order valence-corrected chi connectivity index (χ1v) is 11.9. The van der Waals surface area contributed by atoms with Crippen LogP contribution in [-0.2, 0) is 11.2 Å². The van der Waals surface area contributed by atoms with Gasteiger partial charge in [0.2, 0.25) is 5.91 Å². The summed E-state index contributed by atoms with van der Waals surface area (Å²) in [7, 11) is 1.68. The van der Waals surface area contributed by atoms with E-state index in [2.05, 4.69) is 52.7 Å². The standard InChI is InChI=1S/C27H34N2O2/c1-31-23-13-7-19(8-14-23)15-16-28-27(30)26-24-17-29(18-25(24)26)22-11-9-21(10-12-22)20-5-3-2-4-6-20/h2-8,13-14,21-22,24-26H,9-12,15-18H2,1H3,(H,28,30)/t21?,22?,24-,25+,26?. The molecule has 4 heteroatoms. The molecule has 2 aliphatic carbocycles. The van der Waals surface area contributed by atoms with Crippen molar-refractivity contribution in [3.05, 3.63) is 65.7 Å². The van der Waals surface area contributed by atoms with Crippen LogP contribution in [0, 0.1) is 17.8 Å². The van der Waals surface area contributed by atoms with Gasteiger partial charge in [-0.25, -0.2) is 0 Å². The SMILES string of the molecule is COc1ccc(CCNC(=O)C2[C@H]3CN(C4CCC(c5ccccc5)CC4)C[C@@H]23)cc1. The van der Waals surface area contributed by atoms with Crippen molar-refractivity contribution in [1.29, 1.82) is 0 Å². The molecular weight excluding hydrogens is 384 g/mol. The van der Waals surface area contributed by atoms with E-state index in [1.807, 2.05) is 12.1 Å². The van der Waals surface area contributed by atoms with Crippen LogP contribution in [0.1, 0.15) is 42.7 Å². The third-order valence-corrected chi connectivity index (χ3v) is 7.88. The minimum atomic E-state index is 0.257. The second kappa shape index (κ2) is 9.04. The van der Waals surface area contributed by atoms with Crippen LogP contribution in [0.5, 0.6) is 5.75 Å². The largest absolute Gasteiger partial charge is 0.497 e. The first kappa shape index (κ1) is 20.6. The van der Waals surface area contributed by atoms with Gasteiger partial charge in [-0.1, -0.05) is 42.5 Å². The molecular formula is C27H34N2O2. The molecule has 0 spiro atoms. The van der Waals surface area contributed by atoms with Gasteiger partial charge in [0.1, 0.15) is 5.75 Å². The first-order valence-electron chi connectivity index (χ1n) is 11.9. The summed E-state index contributed by atoms with van der Waals surface area (Å²) in [6, 6.07) is 19.8. The number of carbonyl (C=O) groups excluding carboxylic acids is 1. The summed E-state index contributed by atoms with van der Waals surface area (Å²) >= 11 is 0. The number of carbonyl (C=O) groups is 1. The summed E-state index contributed by atoms with van der Waals surface area (Å²) in [6.45, 7) is 2.97. The molecule has 3 fully saturated rings. The molecule has 1 saturated heterocycles. The molecule has 1 amide bonds. The Bertz CT molecular complexity index is 862. The number of nitrogens with zero attached hydrogens (tertiary/aromatic N) is 1. The molecule has 2 saturated carbocycles. The molecule has 5 rings (SSSR count). The highest BCUT2D eigenvalue weighted by molar-refractivity contribution is 5.82. The molecule has 1 unspecified atom stereocenters. The number of piperidine rings is 1. The van der Waals surface area contributed by atoms with Gasteiger partial charge < -0.3 is 10.1 Å². The van der Waals surface area contributed by atoms with Crippen LogP contribution in [0.15, 0.2) is 54.6 Å². The minimum Gasteiger partial charge on any atom is -0.497 e. The number of amides is 1. The predicted octanol–water partition coefficient (Wildman–Crippen LogP) is 4.26. The summed E-state index contributed by atoms with van der Waals surface area (Å²) in [5, 5.41) is 3.18. The second-order valence-electron chi connectivity index (χ2n) is 9.61. The summed E-state index contributed by atoms with van der Waals surface area (Å²) < 4.78 is 5.20. The van der Waals surface area contributed by atoms with E-state index in [0.717, 1.165) is 37.2 Å². The fourth-order valence-corrected chi connectivity index (χ4v) is 5.99. The predicted molar refractivity (Wildman–Crippen MR) is 123 cm³/mol. The molecule has 1 N–H and O–H groups in total. The number of benzene rings is 2. The van der Waals surface area contributed by atoms with Gasteiger partial charge in [-0.3, -0.25) is 9.69 Å². The molecule has 0 radical (unpaired) electrons. The third-order valence-electron chi connectivity index (χ3n) is 7.88. The van der Waals surface area contributed by atoms with Gasteiger partial charge in [0.05, 0.1) is 7.11 Å². The van der Waals surface area contributed by atoms with Crippen LogP contribution in [0.25, 0.3) is 0 Å². The Kier molecular flexibility index (Phi) is 5.99. The molecule has 0 aromatic heterocycles. The zero-order valence-corrected chi connectivity index (χ0v) is 18.5. The summed E-state index contributed by atoms with van der Waals surface area (Å²) in [5.41, 5.74) is 2.74. The number of ether oxygens (including phenoxy) is 1. The zero-order valence-electron chi connectivity index (χ0n) is 18.5. The molecule has 0 bridgehead atoms. The molecule has 164 valence electrons. The monoisotopic (exact) mass is 418 g/mol. The molecule has 4 nitrogen and oxygen atoms in total. The smallest absolute Gasteiger partial charge is 0.223 e. The highest BCUT2D eigenvalue weighted by atomic mass is 16.5. The average Bonchev–Trinajstić information content (AvgIpc) is 3.33. The molecule has 2 aromatic rings. The molecule has 31 heavy (non-hydrogen) atoms. The van der Waals surface area contributed by atoms with Crippen molar-refractivity contribution in [3.8, 4) is 5.75 Å². The van der Waals surface area contributed by atoms with Gasteiger partial charge in [0, 0.05) is 31.6 Å². The van der Waals surface area contributed by atoms with Crippen LogP contribution >= 0.6 is 0 Å². The van der Waals surface area contributed by atoms with Gasteiger partial charge in [-0.05, 0) is 73.1 Å². The number of nitrogens with one attached hydrogen (secondary N) is 1.